The van der Waals surface area contributed by atoms with Crippen LogP contribution in [0.5, 0.6) is 0 Å². The second kappa shape index (κ2) is 7.42. The van der Waals surface area contributed by atoms with E-state index < -0.39 is 15.9 Å². The first-order valence-electron chi connectivity index (χ1n) is 9.10. The van der Waals surface area contributed by atoms with E-state index in [9.17, 15) is 17.6 Å². The van der Waals surface area contributed by atoms with Crippen LogP contribution in [-0.2, 0) is 10.0 Å². The smallest absolute Gasteiger partial charge is 0.267 e. The van der Waals surface area contributed by atoms with Crippen LogP contribution in [0.25, 0.3) is 33.4 Å². The van der Waals surface area contributed by atoms with Crippen LogP contribution in [-0.4, -0.2) is 31.9 Å². The van der Waals surface area contributed by atoms with Gasteiger partial charge in [-0.15, -0.1) is 0 Å². The van der Waals surface area contributed by atoms with Crippen molar-refractivity contribution in [2.45, 2.75) is 0 Å². The van der Waals surface area contributed by atoms with Gasteiger partial charge in [0, 0.05) is 23.6 Å². The molecule has 0 aliphatic rings. The Hall–Kier alpha value is -3.45. The Balaban J connectivity index is 1.70. The van der Waals surface area contributed by atoms with Crippen molar-refractivity contribution in [3.8, 4) is 22.5 Å². The van der Waals surface area contributed by atoms with Crippen LogP contribution in [0.4, 0.5) is 4.39 Å². The number of benzene rings is 3. The quantitative estimate of drug-likeness (QED) is 0.466. The van der Waals surface area contributed by atoms with Crippen molar-refractivity contribution in [1.82, 2.24) is 4.31 Å². The standard InChI is InChI=1S/C23H18FNO4S/c1-25(30(2,27)28)23(26)18-5-3-4-16(12-18)17-8-11-21-19(13-17)14-22(29-21)15-6-9-20(24)10-7-15/h3-14H,1-2H3. The molecule has 1 heterocycles. The Morgan fingerprint density at radius 3 is 2.27 bits per heavy atom. The number of carbonyl (C=O) groups is 1. The fourth-order valence-corrected chi connectivity index (χ4v) is 3.55. The van der Waals surface area contributed by atoms with Crippen LogP contribution >= 0.6 is 0 Å². The number of carbonyl (C=O) groups excluding carboxylic acids is 1. The first-order chi connectivity index (χ1) is 14.2. The molecule has 0 aliphatic heterocycles. The monoisotopic (exact) mass is 423 g/mol. The van der Waals surface area contributed by atoms with Gasteiger partial charge in [-0.05, 0) is 65.7 Å². The molecule has 4 aromatic rings. The SMILES string of the molecule is CN(C(=O)c1cccc(-c2ccc3oc(-c4ccc(F)cc4)cc3c2)c1)S(C)(=O)=O. The summed E-state index contributed by atoms with van der Waals surface area (Å²) in [5.41, 5.74) is 3.35. The van der Waals surface area contributed by atoms with Gasteiger partial charge in [0.2, 0.25) is 10.0 Å². The number of hydrogen-bond acceptors (Lipinski definition) is 4. The van der Waals surface area contributed by atoms with Gasteiger partial charge in [0.1, 0.15) is 17.2 Å². The highest BCUT2D eigenvalue weighted by atomic mass is 32.2. The van der Waals surface area contributed by atoms with Crippen LogP contribution in [0.1, 0.15) is 10.4 Å². The summed E-state index contributed by atoms with van der Waals surface area (Å²) in [6, 6.07) is 20.4. The number of nitrogens with zero attached hydrogens (tertiary/aromatic N) is 1. The lowest BCUT2D eigenvalue weighted by molar-refractivity contribution is 0.0884. The predicted octanol–water partition coefficient (Wildman–Crippen LogP) is 4.94. The highest BCUT2D eigenvalue weighted by Crippen LogP contribution is 2.31. The number of amides is 1. The third-order valence-electron chi connectivity index (χ3n) is 4.87. The maximum atomic E-state index is 13.2. The van der Waals surface area contributed by atoms with E-state index in [1.165, 1.54) is 19.2 Å². The molecule has 1 amide bonds. The zero-order valence-corrected chi connectivity index (χ0v) is 17.1. The average molecular weight is 423 g/mol. The van der Waals surface area contributed by atoms with Crippen molar-refractivity contribution in [3.05, 3.63) is 84.2 Å². The van der Waals surface area contributed by atoms with E-state index in [4.69, 9.17) is 4.42 Å². The molecular formula is C23H18FNO4S. The molecule has 0 N–H and O–H groups in total. The molecule has 0 unspecified atom stereocenters. The zero-order valence-electron chi connectivity index (χ0n) is 16.3. The summed E-state index contributed by atoms with van der Waals surface area (Å²) in [7, 11) is -2.40. The lowest BCUT2D eigenvalue weighted by Gasteiger charge is -2.15. The molecule has 0 saturated heterocycles. The van der Waals surface area contributed by atoms with E-state index in [1.54, 1.807) is 30.3 Å². The summed E-state index contributed by atoms with van der Waals surface area (Å²) in [5.74, 6) is -0.281. The lowest BCUT2D eigenvalue weighted by atomic mass is 10.0. The number of furan rings is 1. The van der Waals surface area contributed by atoms with E-state index >= 15 is 0 Å². The normalized spacial score (nSPS) is 11.6. The molecule has 30 heavy (non-hydrogen) atoms. The molecule has 0 radical (unpaired) electrons. The molecule has 0 spiro atoms. The van der Waals surface area contributed by atoms with Crippen molar-refractivity contribution >= 4 is 26.9 Å². The van der Waals surface area contributed by atoms with E-state index in [0.717, 1.165) is 32.6 Å². The molecule has 7 heteroatoms. The zero-order chi connectivity index (χ0) is 21.5. The maximum absolute atomic E-state index is 13.2. The Labute approximate surface area is 173 Å². The van der Waals surface area contributed by atoms with Crippen molar-refractivity contribution in [2.75, 3.05) is 13.3 Å². The van der Waals surface area contributed by atoms with Gasteiger partial charge in [-0.2, -0.15) is 0 Å². The third-order valence-corrected chi connectivity index (χ3v) is 6.03. The van der Waals surface area contributed by atoms with Crippen LogP contribution < -0.4 is 0 Å². The van der Waals surface area contributed by atoms with Crippen molar-refractivity contribution in [3.63, 3.8) is 0 Å². The predicted molar refractivity (Wildman–Crippen MR) is 114 cm³/mol. The first-order valence-corrected chi connectivity index (χ1v) is 11.0. The van der Waals surface area contributed by atoms with Gasteiger partial charge >= 0.3 is 0 Å². The minimum absolute atomic E-state index is 0.278. The summed E-state index contributed by atoms with van der Waals surface area (Å²) >= 11 is 0. The van der Waals surface area contributed by atoms with E-state index in [0.29, 0.717) is 11.3 Å². The molecule has 0 aliphatic carbocycles. The Morgan fingerprint density at radius 2 is 1.57 bits per heavy atom. The van der Waals surface area contributed by atoms with Crippen molar-refractivity contribution in [1.29, 1.82) is 0 Å². The topological polar surface area (TPSA) is 67.6 Å². The van der Waals surface area contributed by atoms with E-state index in [-0.39, 0.29) is 11.4 Å². The fourth-order valence-electron chi connectivity index (χ4n) is 3.14. The fraction of sp³-hybridized carbons (Fsp3) is 0.0870. The molecule has 152 valence electrons. The van der Waals surface area contributed by atoms with E-state index in [1.807, 2.05) is 30.3 Å². The van der Waals surface area contributed by atoms with Crippen LogP contribution in [0.15, 0.2) is 77.2 Å². The largest absolute Gasteiger partial charge is 0.456 e. The van der Waals surface area contributed by atoms with Gasteiger partial charge in [0.15, 0.2) is 0 Å². The maximum Gasteiger partial charge on any atom is 0.267 e. The Kier molecular flexibility index (Phi) is 4.91. The lowest BCUT2D eigenvalue weighted by Crippen LogP contribution is -2.32. The Morgan fingerprint density at radius 1 is 0.900 bits per heavy atom. The second-order valence-corrected chi connectivity index (χ2v) is 9.00. The molecule has 0 bridgehead atoms. The Bertz CT molecular complexity index is 1360. The number of fused-ring (bicyclic) bond motifs is 1. The minimum atomic E-state index is -3.63. The first kappa shape index (κ1) is 19.8. The minimum Gasteiger partial charge on any atom is -0.456 e. The van der Waals surface area contributed by atoms with Crippen molar-refractivity contribution in [2.24, 2.45) is 0 Å². The van der Waals surface area contributed by atoms with Gasteiger partial charge in [0.05, 0.1) is 6.26 Å². The second-order valence-electron chi connectivity index (χ2n) is 6.99. The van der Waals surface area contributed by atoms with Crippen LogP contribution in [0, 0.1) is 5.82 Å². The van der Waals surface area contributed by atoms with Gasteiger partial charge in [0.25, 0.3) is 5.91 Å². The summed E-state index contributed by atoms with van der Waals surface area (Å²) in [6.07, 6.45) is 0.986. The summed E-state index contributed by atoms with van der Waals surface area (Å²) in [5, 5.41) is 0.858. The number of halogens is 1. The van der Waals surface area contributed by atoms with Gasteiger partial charge < -0.3 is 4.42 Å². The van der Waals surface area contributed by atoms with Crippen LogP contribution in [0.2, 0.25) is 0 Å². The number of hydrogen-bond donors (Lipinski definition) is 0. The third kappa shape index (κ3) is 3.84. The van der Waals surface area contributed by atoms with Crippen molar-refractivity contribution < 1.29 is 22.0 Å². The molecule has 5 nitrogen and oxygen atoms in total. The van der Waals surface area contributed by atoms with Gasteiger partial charge in [-0.25, -0.2) is 17.1 Å². The molecule has 3 aromatic carbocycles. The summed E-state index contributed by atoms with van der Waals surface area (Å²) in [4.78, 5) is 12.5. The molecular weight excluding hydrogens is 405 g/mol. The molecule has 4 rings (SSSR count). The van der Waals surface area contributed by atoms with Gasteiger partial charge in [-0.1, -0.05) is 18.2 Å². The summed E-state index contributed by atoms with van der Waals surface area (Å²) < 4.78 is 43.1. The van der Waals surface area contributed by atoms with Gasteiger partial charge in [-0.3, -0.25) is 4.79 Å². The molecule has 0 fully saturated rings. The summed E-state index contributed by atoms with van der Waals surface area (Å²) in [6.45, 7) is 0. The molecule has 0 saturated carbocycles. The van der Waals surface area contributed by atoms with E-state index in [2.05, 4.69) is 0 Å². The number of sulfonamides is 1. The average Bonchev–Trinajstić information content (AvgIpc) is 3.16. The highest BCUT2D eigenvalue weighted by molar-refractivity contribution is 7.88. The van der Waals surface area contributed by atoms with Crippen LogP contribution in [0.3, 0.4) is 0 Å². The molecule has 0 atom stereocenters. The highest BCUT2D eigenvalue weighted by Gasteiger charge is 2.20. The molecule has 1 aromatic heterocycles. The number of rotatable bonds is 4.